The Labute approximate surface area is 150 Å². The van der Waals surface area contributed by atoms with Gasteiger partial charge in [0.1, 0.15) is 5.82 Å². The monoisotopic (exact) mass is 352 g/mol. The van der Waals surface area contributed by atoms with E-state index in [-0.39, 0.29) is 5.88 Å². The first-order valence-electron chi connectivity index (χ1n) is 8.19. The number of benzene rings is 2. The number of nitrogens with zero attached hydrogens (tertiary/aromatic N) is 2. The summed E-state index contributed by atoms with van der Waals surface area (Å²) in [7, 11) is 4.16. The van der Waals surface area contributed by atoms with Gasteiger partial charge >= 0.3 is 0 Å². The molecule has 2 aromatic carbocycles. The van der Waals surface area contributed by atoms with Crippen molar-refractivity contribution < 1.29 is 5.11 Å². The lowest BCUT2D eigenvalue weighted by Crippen LogP contribution is -2.14. The van der Waals surface area contributed by atoms with Crippen LogP contribution < -0.4 is 0 Å². The molecule has 0 radical (unpaired) electrons. The summed E-state index contributed by atoms with van der Waals surface area (Å²) >= 11 is 1.83. The van der Waals surface area contributed by atoms with E-state index in [0.717, 1.165) is 34.2 Å². The number of aromatic amines is 2. The van der Waals surface area contributed by atoms with Crippen LogP contribution in [0.25, 0.3) is 33.3 Å². The van der Waals surface area contributed by atoms with Gasteiger partial charge in [-0.1, -0.05) is 18.2 Å². The summed E-state index contributed by atoms with van der Waals surface area (Å²) < 4.78 is 0. The Morgan fingerprint density at radius 1 is 1.08 bits per heavy atom. The van der Waals surface area contributed by atoms with E-state index in [1.54, 1.807) is 0 Å². The van der Waals surface area contributed by atoms with Gasteiger partial charge in [0.2, 0.25) is 5.88 Å². The van der Waals surface area contributed by atoms with E-state index in [9.17, 15) is 5.11 Å². The predicted octanol–water partition coefficient (Wildman–Crippen LogP) is 4.07. The topological polar surface area (TPSA) is 67.9 Å². The predicted molar refractivity (Wildman–Crippen MR) is 104 cm³/mol. The number of thioether (sulfide) groups is 1. The maximum atomic E-state index is 10.3. The second-order valence-electron chi connectivity index (χ2n) is 6.31. The third-order valence-electron chi connectivity index (χ3n) is 4.18. The van der Waals surface area contributed by atoms with Crippen LogP contribution in [0.4, 0.5) is 0 Å². The largest absolute Gasteiger partial charge is 0.494 e. The van der Waals surface area contributed by atoms with E-state index in [1.165, 1.54) is 4.90 Å². The lowest BCUT2D eigenvalue weighted by molar-refractivity contribution is 0.437. The molecular formula is C19H20N4OS. The summed E-state index contributed by atoms with van der Waals surface area (Å²) in [6.45, 7) is 1.04. The van der Waals surface area contributed by atoms with Crippen molar-refractivity contribution in [3.8, 4) is 17.3 Å². The number of imidazole rings is 1. The normalized spacial score (nSPS) is 11.8. The molecule has 3 N–H and O–H groups in total. The molecule has 0 spiro atoms. The summed E-state index contributed by atoms with van der Waals surface area (Å²) in [6.07, 6.45) is 0. The fourth-order valence-electron chi connectivity index (χ4n) is 2.91. The lowest BCUT2D eigenvalue weighted by Gasteiger charge is -2.08. The van der Waals surface area contributed by atoms with Crippen LogP contribution in [0.3, 0.4) is 0 Å². The van der Waals surface area contributed by atoms with E-state index in [2.05, 4.69) is 46.1 Å². The summed E-state index contributed by atoms with van der Waals surface area (Å²) in [6, 6.07) is 14.1. The highest BCUT2D eigenvalue weighted by Crippen LogP contribution is 2.36. The summed E-state index contributed by atoms with van der Waals surface area (Å²) in [5, 5.41) is 11.3. The number of hydrogen-bond acceptors (Lipinski definition) is 4. The molecule has 6 heteroatoms. The molecule has 4 rings (SSSR count). The van der Waals surface area contributed by atoms with Crippen LogP contribution in [0.5, 0.6) is 5.88 Å². The van der Waals surface area contributed by atoms with Crippen LogP contribution >= 0.6 is 11.8 Å². The maximum Gasteiger partial charge on any atom is 0.200 e. The van der Waals surface area contributed by atoms with Gasteiger partial charge in [-0.15, -0.1) is 11.8 Å². The van der Waals surface area contributed by atoms with Crippen molar-refractivity contribution in [3.63, 3.8) is 0 Å². The van der Waals surface area contributed by atoms with Crippen LogP contribution in [0.1, 0.15) is 0 Å². The molecule has 0 saturated heterocycles. The van der Waals surface area contributed by atoms with Crippen molar-refractivity contribution in [1.29, 1.82) is 0 Å². The average Bonchev–Trinajstić information content (AvgIpc) is 3.13. The molecule has 0 aliphatic heterocycles. The zero-order valence-corrected chi connectivity index (χ0v) is 15.0. The lowest BCUT2D eigenvalue weighted by atomic mass is 10.1. The molecule has 0 bridgehead atoms. The van der Waals surface area contributed by atoms with Crippen molar-refractivity contribution in [2.75, 3.05) is 26.4 Å². The molecule has 25 heavy (non-hydrogen) atoms. The van der Waals surface area contributed by atoms with Crippen LogP contribution in [0.2, 0.25) is 0 Å². The summed E-state index contributed by atoms with van der Waals surface area (Å²) in [5.41, 5.74) is 3.50. The molecule has 5 nitrogen and oxygen atoms in total. The second-order valence-corrected chi connectivity index (χ2v) is 7.48. The first kappa shape index (κ1) is 16.1. The number of hydrogen-bond donors (Lipinski definition) is 3. The van der Waals surface area contributed by atoms with Gasteiger partial charge in [0.15, 0.2) is 0 Å². The molecule has 0 atom stereocenters. The Hall–Kier alpha value is -2.44. The molecule has 0 amide bonds. The van der Waals surface area contributed by atoms with Crippen LogP contribution in [0, 0.1) is 0 Å². The molecule has 4 aromatic rings. The van der Waals surface area contributed by atoms with Crippen LogP contribution in [-0.4, -0.2) is 51.4 Å². The Balaban J connectivity index is 1.70. The maximum absolute atomic E-state index is 10.3. The molecule has 0 fully saturated rings. The summed E-state index contributed by atoms with van der Waals surface area (Å²) in [5.74, 6) is 1.86. The molecule has 2 heterocycles. The number of nitrogens with one attached hydrogen (secondary N) is 2. The van der Waals surface area contributed by atoms with Gasteiger partial charge in [-0.2, -0.15) is 0 Å². The van der Waals surface area contributed by atoms with Gasteiger partial charge < -0.3 is 20.0 Å². The number of fused-ring (bicyclic) bond motifs is 2. The van der Waals surface area contributed by atoms with Gasteiger partial charge in [0.25, 0.3) is 0 Å². The molecule has 0 unspecified atom stereocenters. The first-order valence-corrected chi connectivity index (χ1v) is 9.18. The molecule has 0 aliphatic carbocycles. The number of aromatic nitrogens is 3. The minimum Gasteiger partial charge on any atom is -0.494 e. The van der Waals surface area contributed by atoms with Crippen molar-refractivity contribution in [2.45, 2.75) is 4.90 Å². The third-order valence-corrected chi connectivity index (χ3v) is 5.16. The fraction of sp³-hybridized carbons (Fsp3) is 0.211. The Kier molecular flexibility index (Phi) is 4.15. The van der Waals surface area contributed by atoms with Gasteiger partial charge in [-0.25, -0.2) is 4.98 Å². The number of aromatic hydroxyl groups is 1. The SMILES string of the molecule is CN(C)CCSc1ccc2nc(-c3c(O)[nH]c4ccccc34)[nH]c2c1. The van der Waals surface area contributed by atoms with Crippen molar-refractivity contribution >= 4 is 33.7 Å². The highest BCUT2D eigenvalue weighted by atomic mass is 32.2. The standard InChI is InChI=1S/C19H20N4OS/c1-23(2)9-10-25-12-7-8-15-16(11-12)21-18(20-15)17-13-5-3-4-6-14(13)22-19(17)24/h3-8,11,22,24H,9-10H2,1-2H3,(H,20,21). The quantitative estimate of drug-likeness (QED) is 0.474. The molecular weight excluding hydrogens is 332 g/mol. The van der Waals surface area contributed by atoms with Gasteiger partial charge in [0, 0.05) is 28.1 Å². The average molecular weight is 352 g/mol. The Morgan fingerprint density at radius 3 is 2.76 bits per heavy atom. The van der Waals surface area contributed by atoms with Crippen molar-refractivity contribution in [2.24, 2.45) is 0 Å². The minimum absolute atomic E-state index is 0.140. The molecule has 2 aromatic heterocycles. The summed E-state index contributed by atoms with van der Waals surface area (Å²) in [4.78, 5) is 14.4. The molecule has 128 valence electrons. The smallest absolute Gasteiger partial charge is 0.200 e. The Bertz CT molecular complexity index is 1030. The van der Waals surface area contributed by atoms with Crippen LogP contribution in [0.15, 0.2) is 47.4 Å². The van der Waals surface area contributed by atoms with E-state index >= 15 is 0 Å². The van der Waals surface area contributed by atoms with E-state index in [0.29, 0.717) is 11.4 Å². The van der Waals surface area contributed by atoms with Crippen molar-refractivity contribution in [1.82, 2.24) is 19.9 Å². The number of para-hydroxylation sites is 1. The second kappa shape index (κ2) is 6.46. The fourth-order valence-corrected chi connectivity index (χ4v) is 3.97. The highest BCUT2D eigenvalue weighted by Gasteiger charge is 2.16. The van der Waals surface area contributed by atoms with E-state index in [4.69, 9.17) is 0 Å². The van der Waals surface area contributed by atoms with Gasteiger partial charge in [-0.3, -0.25) is 0 Å². The first-order chi connectivity index (χ1) is 12.1. The zero-order chi connectivity index (χ0) is 17.4. The van der Waals surface area contributed by atoms with Crippen LogP contribution in [-0.2, 0) is 0 Å². The van der Waals surface area contributed by atoms with Crippen molar-refractivity contribution in [3.05, 3.63) is 42.5 Å². The van der Waals surface area contributed by atoms with E-state index in [1.807, 2.05) is 42.1 Å². The Morgan fingerprint density at radius 2 is 1.92 bits per heavy atom. The zero-order valence-electron chi connectivity index (χ0n) is 14.2. The highest BCUT2D eigenvalue weighted by molar-refractivity contribution is 7.99. The van der Waals surface area contributed by atoms with Gasteiger partial charge in [0.05, 0.1) is 16.6 Å². The van der Waals surface area contributed by atoms with E-state index < -0.39 is 0 Å². The molecule has 0 aliphatic rings. The van der Waals surface area contributed by atoms with Gasteiger partial charge in [-0.05, 0) is 38.4 Å². The number of rotatable bonds is 5. The minimum atomic E-state index is 0.140. The molecule has 0 saturated carbocycles. The third kappa shape index (κ3) is 3.10. The number of H-pyrrole nitrogens is 2.